The highest BCUT2D eigenvalue weighted by Crippen LogP contribution is 2.16. The molecule has 0 aliphatic carbocycles. The van der Waals surface area contributed by atoms with Crippen LogP contribution < -0.4 is 0 Å². The SMILES string of the molecule is Cc1nc(C#Cc2cnc(-n3ccc4ccncc43)nc2)cs1. The molecule has 4 aromatic heterocycles. The summed E-state index contributed by atoms with van der Waals surface area (Å²) in [5, 5.41) is 4.05. The standard InChI is InChI=1S/C17H11N5S/c1-12-21-15(11-23-12)3-2-13-8-19-17(20-9-13)22-7-5-14-4-6-18-10-16(14)22/h4-11H,1H3. The molecular weight excluding hydrogens is 306 g/mol. The minimum atomic E-state index is 0.600. The number of nitrogens with zero attached hydrogens (tertiary/aromatic N) is 5. The minimum Gasteiger partial charge on any atom is -0.284 e. The molecule has 110 valence electrons. The number of hydrogen-bond donors (Lipinski definition) is 0. The summed E-state index contributed by atoms with van der Waals surface area (Å²) >= 11 is 1.59. The van der Waals surface area contributed by atoms with Crippen molar-refractivity contribution >= 4 is 22.2 Å². The largest absolute Gasteiger partial charge is 0.284 e. The Morgan fingerprint density at radius 2 is 1.96 bits per heavy atom. The topological polar surface area (TPSA) is 56.5 Å². The van der Waals surface area contributed by atoms with Crippen LogP contribution in [0.1, 0.15) is 16.3 Å². The van der Waals surface area contributed by atoms with Gasteiger partial charge in [0.05, 0.1) is 22.3 Å². The van der Waals surface area contributed by atoms with E-state index in [1.54, 1.807) is 36.1 Å². The van der Waals surface area contributed by atoms with Crippen molar-refractivity contribution in [3.05, 3.63) is 64.8 Å². The van der Waals surface area contributed by atoms with Gasteiger partial charge in [0, 0.05) is 35.6 Å². The predicted molar refractivity (Wildman–Crippen MR) is 89.5 cm³/mol. The maximum atomic E-state index is 4.39. The Morgan fingerprint density at radius 3 is 2.74 bits per heavy atom. The Hall–Kier alpha value is -3.04. The van der Waals surface area contributed by atoms with E-state index >= 15 is 0 Å². The summed E-state index contributed by atoms with van der Waals surface area (Å²) in [5.74, 6) is 6.65. The van der Waals surface area contributed by atoms with Crippen molar-refractivity contribution in [3.63, 3.8) is 0 Å². The molecule has 0 amide bonds. The lowest BCUT2D eigenvalue weighted by molar-refractivity contribution is 0.956. The molecule has 0 aliphatic rings. The second kappa shape index (κ2) is 5.63. The fraction of sp³-hybridized carbons (Fsp3) is 0.0588. The maximum Gasteiger partial charge on any atom is 0.234 e. The van der Waals surface area contributed by atoms with Gasteiger partial charge < -0.3 is 0 Å². The molecule has 6 heteroatoms. The Morgan fingerprint density at radius 1 is 1.09 bits per heavy atom. The molecule has 0 aliphatic heterocycles. The summed E-state index contributed by atoms with van der Waals surface area (Å²) in [5.41, 5.74) is 2.51. The van der Waals surface area contributed by atoms with Crippen LogP contribution in [0.2, 0.25) is 0 Å². The quantitative estimate of drug-likeness (QED) is 0.506. The summed E-state index contributed by atoms with van der Waals surface area (Å²) < 4.78 is 1.91. The van der Waals surface area contributed by atoms with E-state index in [2.05, 4.69) is 31.8 Å². The third kappa shape index (κ3) is 2.70. The molecule has 0 radical (unpaired) electrons. The third-order valence-electron chi connectivity index (χ3n) is 3.30. The molecule has 0 saturated heterocycles. The second-order valence-electron chi connectivity index (χ2n) is 4.89. The van der Waals surface area contributed by atoms with Gasteiger partial charge in [-0.1, -0.05) is 5.92 Å². The fourth-order valence-corrected chi connectivity index (χ4v) is 2.76. The van der Waals surface area contributed by atoms with E-state index in [9.17, 15) is 0 Å². The molecule has 4 heterocycles. The van der Waals surface area contributed by atoms with E-state index in [-0.39, 0.29) is 0 Å². The Kier molecular flexibility index (Phi) is 3.33. The molecule has 0 saturated carbocycles. The predicted octanol–water partition coefficient (Wildman–Crippen LogP) is 2.98. The van der Waals surface area contributed by atoms with Crippen molar-refractivity contribution in [1.82, 2.24) is 24.5 Å². The Labute approximate surface area is 136 Å². The average molecular weight is 317 g/mol. The van der Waals surface area contributed by atoms with E-state index < -0.39 is 0 Å². The van der Waals surface area contributed by atoms with Crippen molar-refractivity contribution in [3.8, 4) is 17.8 Å². The Balaban J connectivity index is 1.65. The van der Waals surface area contributed by atoms with Gasteiger partial charge in [-0.15, -0.1) is 11.3 Å². The zero-order valence-electron chi connectivity index (χ0n) is 12.3. The first-order valence-electron chi connectivity index (χ1n) is 6.97. The summed E-state index contributed by atoms with van der Waals surface area (Å²) in [6, 6.07) is 3.97. The van der Waals surface area contributed by atoms with Gasteiger partial charge in [0.25, 0.3) is 0 Å². The van der Waals surface area contributed by atoms with Crippen molar-refractivity contribution in [2.45, 2.75) is 6.92 Å². The first kappa shape index (κ1) is 13.6. The van der Waals surface area contributed by atoms with Crippen LogP contribution in [-0.4, -0.2) is 24.5 Å². The monoisotopic (exact) mass is 317 g/mol. The highest BCUT2D eigenvalue weighted by Gasteiger charge is 2.05. The summed E-state index contributed by atoms with van der Waals surface area (Å²) in [6.07, 6.45) is 8.95. The molecule has 4 rings (SSSR count). The van der Waals surface area contributed by atoms with Crippen molar-refractivity contribution in [2.24, 2.45) is 0 Å². The van der Waals surface area contributed by atoms with Crippen LogP contribution in [0.3, 0.4) is 0 Å². The number of rotatable bonds is 1. The lowest BCUT2D eigenvalue weighted by atomic mass is 10.3. The smallest absolute Gasteiger partial charge is 0.234 e. The summed E-state index contributed by atoms with van der Waals surface area (Å²) in [7, 11) is 0. The number of pyridine rings is 1. The first-order chi connectivity index (χ1) is 11.3. The molecule has 0 N–H and O–H groups in total. The highest BCUT2D eigenvalue weighted by atomic mass is 32.1. The van der Waals surface area contributed by atoms with E-state index in [4.69, 9.17) is 0 Å². The second-order valence-corrected chi connectivity index (χ2v) is 5.96. The molecule has 5 nitrogen and oxygen atoms in total. The number of fused-ring (bicyclic) bond motifs is 1. The Bertz CT molecular complexity index is 1030. The lowest BCUT2D eigenvalue weighted by Crippen LogP contribution is -1.99. The van der Waals surface area contributed by atoms with Crippen LogP contribution in [0.15, 0.2) is 48.5 Å². The van der Waals surface area contributed by atoms with Gasteiger partial charge in [0.1, 0.15) is 5.69 Å². The molecule has 0 atom stereocenters. The molecular formula is C17H11N5S. The molecule has 0 unspecified atom stereocenters. The zero-order chi connectivity index (χ0) is 15.6. The van der Waals surface area contributed by atoms with Gasteiger partial charge in [0.15, 0.2) is 0 Å². The number of hydrogen-bond acceptors (Lipinski definition) is 5. The van der Waals surface area contributed by atoms with Crippen LogP contribution in [0.5, 0.6) is 0 Å². The minimum absolute atomic E-state index is 0.600. The van der Waals surface area contributed by atoms with E-state index in [1.807, 2.05) is 35.2 Å². The summed E-state index contributed by atoms with van der Waals surface area (Å²) in [6.45, 7) is 1.96. The number of aromatic nitrogens is 5. The van der Waals surface area contributed by atoms with Gasteiger partial charge in [-0.2, -0.15) is 0 Å². The zero-order valence-corrected chi connectivity index (χ0v) is 13.1. The molecule has 23 heavy (non-hydrogen) atoms. The van der Waals surface area contributed by atoms with Crippen molar-refractivity contribution < 1.29 is 0 Å². The molecule has 0 spiro atoms. The van der Waals surface area contributed by atoms with E-state index in [0.29, 0.717) is 5.95 Å². The van der Waals surface area contributed by atoms with E-state index in [0.717, 1.165) is 27.2 Å². The molecule has 4 aromatic rings. The van der Waals surface area contributed by atoms with Crippen LogP contribution >= 0.6 is 11.3 Å². The summed E-state index contributed by atoms with van der Waals surface area (Å²) in [4.78, 5) is 17.2. The molecule has 0 bridgehead atoms. The maximum absolute atomic E-state index is 4.39. The number of thiazole rings is 1. The van der Waals surface area contributed by atoms with Gasteiger partial charge in [-0.05, 0) is 25.0 Å². The van der Waals surface area contributed by atoms with Crippen molar-refractivity contribution in [2.75, 3.05) is 0 Å². The first-order valence-corrected chi connectivity index (χ1v) is 7.85. The van der Waals surface area contributed by atoms with Gasteiger partial charge >= 0.3 is 0 Å². The lowest BCUT2D eigenvalue weighted by Gasteiger charge is -2.02. The highest BCUT2D eigenvalue weighted by molar-refractivity contribution is 7.09. The van der Waals surface area contributed by atoms with Gasteiger partial charge in [0.2, 0.25) is 5.95 Å². The van der Waals surface area contributed by atoms with Crippen LogP contribution in [-0.2, 0) is 0 Å². The van der Waals surface area contributed by atoms with Crippen molar-refractivity contribution in [1.29, 1.82) is 0 Å². The third-order valence-corrected chi connectivity index (χ3v) is 4.08. The van der Waals surface area contributed by atoms with E-state index in [1.165, 1.54) is 0 Å². The number of aryl methyl sites for hydroxylation is 1. The van der Waals surface area contributed by atoms with Gasteiger partial charge in [-0.25, -0.2) is 15.0 Å². The fourth-order valence-electron chi connectivity index (χ4n) is 2.22. The van der Waals surface area contributed by atoms with Crippen LogP contribution in [0.25, 0.3) is 16.9 Å². The molecule has 0 fully saturated rings. The average Bonchev–Trinajstić information content (AvgIpc) is 3.20. The van der Waals surface area contributed by atoms with Crippen LogP contribution in [0, 0.1) is 18.8 Å². The van der Waals surface area contributed by atoms with Gasteiger partial charge in [-0.3, -0.25) is 9.55 Å². The molecule has 0 aromatic carbocycles. The normalized spacial score (nSPS) is 10.5. The van der Waals surface area contributed by atoms with Crippen LogP contribution in [0.4, 0.5) is 0 Å².